The van der Waals surface area contributed by atoms with Crippen molar-refractivity contribution in [3.63, 3.8) is 0 Å². The summed E-state index contributed by atoms with van der Waals surface area (Å²) in [6, 6.07) is 0. The fraction of sp³-hybridized carbons (Fsp3) is 0.462. The molecule has 1 amide bonds. The molecular formula is C13H19FN4O2. The smallest absolute Gasteiger partial charge is 0.407 e. The summed E-state index contributed by atoms with van der Waals surface area (Å²) in [5.41, 5.74) is -0.505. The van der Waals surface area contributed by atoms with Gasteiger partial charge in [0.05, 0.1) is 12.4 Å². The number of anilines is 1. The second-order valence-electron chi connectivity index (χ2n) is 4.96. The van der Waals surface area contributed by atoms with Crippen LogP contribution < -0.4 is 10.6 Å². The molecule has 20 heavy (non-hydrogen) atoms. The van der Waals surface area contributed by atoms with E-state index in [0.717, 1.165) is 12.4 Å². The molecule has 0 aliphatic rings. The van der Waals surface area contributed by atoms with Gasteiger partial charge in [-0.15, -0.1) is 0 Å². The molecule has 1 aromatic heterocycles. The number of rotatable bonds is 5. The molecule has 1 heterocycles. The maximum absolute atomic E-state index is 12.5. The van der Waals surface area contributed by atoms with E-state index in [0.29, 0.717) is 19.0 Å². The van der Waals surface area contributed by atoms with Crippen LogP contribution in [0.1, 0.15) is 20.8 Å². The second kappa shape index (κ2) is 7.42. The number of aromatic nitrogens is 2. The van der Waals surface area contributed by atoms with E-state index in [-0.39, 0.29) is 0 Å². The highest BCUT2D eigenvalue weighted by molar-refractivity contribution is 5.67. The zero-order valence-electron chi connectivity index (χ0n) is 11.8. The summed E-state index contributed by atoms with van der Waals surface area (Å²) in [4.78, 5) is 18.8. The van der Waals surface area contributed by atoms with Crippen molar-refractivity contribution in [2.75, 3.05) is 18.4 Å². The van der Waals surface area contributed by atoms with E-state index in [4.69, 9.17) is 4.74 Å². The molecular weight excluding hydrogens is 263 g/mol. The Bertz CT molecular complexity index is 454. The Balaban J connectivity index is 2.16. The molecule has 0 aromatic carbocycles. The Morgan fingerprint density at radius 3 is 2.50 bits per heavy atom. The van der Waals surface area contributed by atoms with Crippen molar-refractivity contribution in [2.45, 2.75) is 26.4 Å². The minimum Gasteiger partial charge on any atom is -0.444 e. The molecule has 6 nitrogen and oxygen atoms in total. The van der Waals surface area contributed by atoms with Crippen molar-refractivity contribution < 1.29 is 13.9 Å². The van der Waals surface area contributed by atoms with Crippen molar-refractivity contribution in [3.8, 4) is 0 Å². The van der Waals surface area contributed by atoms with Crippen molar-refractivity contribution in [1.82, 2.24) is 15.3 Å². The summed E-state index contributed by atoms with van der Waals surface area (Å²) in [5.74, 6) is -0.135. The summed E-state index contributed by atoms with van der Waals surface area (Å²) in [6.07, 6.45) is 5.27. The number of halogens is 1. The van der Waals surface area contributed by atoms with E-state index < -0.39 is 17.5 Å². The topological polar surface area (TPSA) is 76.1 Å². The standard InChI is InChI=1S/C13H19FN4O2/c1-13(2,3)20-12(19)16-7-5-4-6-15-11-17-8-10(14)9-18-11/h4-5,8-9H,6-7H2,1-3H3,(H,16,19)(H,15,17,18). The monoisotopic (exact) mass is 282 g/mol. The van der Waals surface area contributed by atoms with E-state index in [1.807, 2.05) is 0 Å². The summed E-state index contributed by atoms with van der Waals surface area (Å²) < 4.78 is 17.6. The molecule has 1 aromatic rings. The minimum absolute atomic E-state index is 0.344. The van der Waals surface area contributed by atoms with Gasteiger partial charge in [0, 0.05) is 13.1 Å². The van der Waals surface area contributed by atoms with Crippen LogP contribution in [0.2, 0.25) is 0 Å². The first-order chi connectivity index (χ1) is 9.37. The van der Waals surface area contributed by atoms with Crippen LogP contribution in [0.15, 0.2) is 24.5 Å². The number of carbonyl (C=O) groups is 1. The normalized spacial score (nSPS) is 11.4. The van der Waals surface area contributed by atoms with E-state index in [1.54, 1.807) is 32.9 Å². The zero-order valence-corrected chi connectivity index (χ0v) is 11.8. The van der Waals surface area contributed by atoms with Crippen LogP contribution in [-0.4, -0.2) is 34.8 Å². The number of nitrogens with zero attached hydrogens (tertiary/aromatic N) is 2. The molecule has 110 valence electrons. The van der Waals surface area contributed by atoms with Crippen molar-refractivity contribution in [3.05, 3.63) is 30.4 Å². The predicted molar refractivity (Wildman–Crippen MR) is 73.9 cm³/mol. The molecule has 0 spiro atoms. The zero-order chi connectivity index (χ0) is 15.0. The molecule has 1 rings (SSSR count). The lowest BCUT2D eigenvalue weighted by molar-refractivity contribution is 0.0534. The number of ether oxygens (including phenoxy) is 1. The first-order valence-electron chi connectivity index (χ1n) is 6.20. The van der Waals surface area contributed by atoms with Gasteiger partial charge >= 0.3 is 6.09 Å². The molecule has 0 unspecified atom stereocenters. The van der Waals surface area contributed by atoms with Gasteiger partial charge in [0.2, 0.25) is 5.95 Å². The fourth-order valence-electron chi connectivity index (χ4n) is 1.18. The van der Waals surface area contributed by atoms with Gasteiger partial charge in [-0.25, -0.2) is 19.2 Å². The molecule has 0 saturated heterocycles. The van der Waals surface area contributed by atoms with Crippen LogP contribution in [-0.2, 0) is 4.74 Å². The third kappa shape index (κ3) is 7.30. The Hall–Kier alpha value is -2.18. The number of carbonyl (C=O) groups excluding carboxylic acids is 1. The maximum atomic E-state index is 12.5. The quantitative estimate of drug-likeness (QED) is 0.809. The van der Waals surface area contributed by atoms with Crippen LogP contribution in [0, 0.1) is 5.82 Å². The van der Waals surface area contributed by atoms with Crippen LogP contribution in [0.4, 0.5) is 15.1 Å². The Morgan fingerprint density at radius 2 is 1.90 bits per heavy atom. The molecule has 0 radical (unpaired) electrons. The molecule has 0 fully saturated rings. The van der Waals surface area contributed by atoms with Crippen molar-refractivity contribution >= 4 is 12.0 Å². The van der Waals surface area contributed by atoms with E-state index in [2.05, 4.69) is 20.6 Å². The van der Waals surface area contributed by atoms with Crippen LogP contribution in [0.3, 0.4) is 0 Å². The van der Waals surface area contributed by atoms with Gasteiger partial charge in [-0.3, -0.25) is 0 Å². The highest BCUT2D eigenvalue weighted by Crippen LogP contribution is 2.06. The first kappa shape index (κ1) is 15.9. The summed E-state index contributed by atoms with van der Waals surface area (Å²) in [7, 11) is 0. The van der Waals surface area contributed by atoms with Gasteiger partial charge in [0.15, 0.2) is 5.82 Å². The van der Waals surface area contributed by atoms with E-state index in [9.17, 15) is 9.18 Å². The highest BCUT2D eigenvalue weighted by atomic mass is 19.1. The molecule has 0 aliphatic heterocycles. The fourth-order valence-corrected chi connectivity index (χ4v) is 1.18. The van der Waals surface area contributed by atoms with E-state index >= 15 is 0 Å². The van der Waals surface area contributed by atoms with Crippen LogP contribution >= 0.6 is 0 Å². The lowest BCUT2D eigenvalue weighted by Crippen LogP contribution is -2.32. The molecule has 0 aliphatic carbocycles. The molecule has 0 bridgehead atoms. The summed E-state index contributed by atoms with van der Waals surface area (Å²) in [6.45, 7) is 6.24. The Kier molecular flexibility index (Phi) is 5.89. The highest BCUT2D eigenvalue weighted by Gasteiger charge is 2.14. The average molecular weight is 282 g/mol. The number of hydrogen-bond donors (Lipinski definition) is 2. The minimum atomic E-state index is -0.505. The maximum Gasteiger partial charge on any atom is 0.407 e. The average Bonchev–Trinajstić information content (AvgIpc) is 2.33. The molecule has 7 heteroatoms. The van der Waals surface area contributed by atoms with Gasteiger partial charge in [-0.05, 0) is 20.8 Å². The third-order valence-corrected chi connectivity index (χ3v) is 1.93. The molecule has 2 N–H and O–H groups in total. The second-order valence-corrected chi connectivity index (χ2v) is 4.96. The number of nitrogens with one attached hydrogen (secondary N) is 2. The molecule has 0 saturated carbocycles. The Labute approximate surface area is 117 Å². The molecule has 0 atom stereocenters. The van der Waals surface area contributed by atoms with Crippen molar-refractivity contribution in [1.29, 1.82) is 0 Å². The number of alkyl carbamates (subject to hydrolysis) is 1. The van der Waals surface area contributed by atoms with Crippen molar-refractivity contribution in [2.24, 2.45) is 0 Å². The number of amides is 1. The van der Waals surface area contributed by atoms with Gasteiger partial charge in [0.1, 0.15) is 5.60 Å². The van der Waals surface area contributed by atoms with Gasteiger partial charge < -0.3 is 15.4 Å². The number of hydrogen-bond acceptors (Lipinski definition) is 5. The first-order valence-corrected chi connectivity index (χ1v) is 6.20. The third-order valence-electron chi connectivity index (χ3n) is 1.93. The van der Waals surface area contributed by atoms with Gasteiger partial charge in [0.25, 0.3) is 0 Å². The van der Waals surface area contributed by atoms with Gasteiger partial charge in [-0.2, -0.15) is 0 Å². The largest absolute Gasteiger partial charge is 0.444 e. The summed E-state index contributed by atoms with van der Waals surface area (Å²) in [5, 5.41) is 5.47. The van der Waals surface area contributed by atoms with Crippen LogP contribution in [0.5, 0.6) is 0 Å². The van der Waals surface area contributed by atoms with Crippen LogP contribution in [0.25, 0.3) is 0 Å². The lowest BCUT2D eigenvalue weighted by atomic mass is 10.2. The van der Waals surface area contributed by atoms with E-state index in [1.165, 1.54) is 0 Å². The summed E-state index contributed by atoms with van der Waals surface area (Å²) >= 11 is 0. The Morgan fingerprint density at radius 1 is 1.30 bits per heavy atom. The van der Waals surface area contributed by atoms with Gasteiger partial charge in [-0.1, -0.05) is 12.2 Å². The lowest BCUT2D eigenvalue weighted by Gasteiger charge is -2.19. The predicted octanol–water partition coefficient (Wildman–Crippen LogP) is 2.11. The SMILES string of the molecule is CC(C)(C)OC(=O)NCC=CCNc1ncc(F)cn1.